The average molecular weight is 347 g/mol. The van der Waals surface area contributed by atoms with Crippen LogP contribution < -0.4 is 16.6 Å². The van der Waals surface area contributed by atoms with E-state index in [1.807, 2.05) is 4.98 Å². The lowest BCUT2D eigenvalue weighted by molar-refractivity contribution is -0.122. The fraction of sp³-hybridized carbons (Fsp3) is 0.417. The second kappa shape index (κ2) is 8.59. The summed E-state index contributed by atoms with van der Waals surface area (Å²) in [6.07, 6.45) is 2.44. The van der Waals surface area contributed by atoms with Crippen LogP contribution in [0.5, 0.6) is 0 Å². The van der Waals surface area contributed by atoms with Crippen LogP contribution in [0.2, 0.25) is 0 Å². The third-order valence-corrected chi connectivity index (χ3v) is 4.32. The summed E-state index contributed by atoms with van der Waals surface area (Å²) in [6, 6.07) is 0.255. The maximum atomic E-state index is 11.8. The Morgan fingerprint density at radius 3 is 2.65 bits per heavy atom. The van der Waals surface area contributed by atoms with Crippen LogP contribution in [0, 0.1) is 0 Å². The van der Waals surface area contributed by atoms with Gasteiger partial charge in [-0.2, -0.15) is 0 Å². The molecule has 0 aromatic carbocycles. The van der Waals surface area contributed by atoms with E-state index in [4.69, 9.17) is 0 Å². The van der Waals surface area contributed by atoms with E-state index >= 15 is 0 Å². The molecule has 0 saturated heterocycles. The Morgan fingerprint density at radius 2 is 2.13 bits per heavy atom. The highest BCUT2D eigenvalue weighted by Crippen LogP contribution is 2.47. The first-order chi connectivity index (χ1) is 10.8. The molecular formula is C12H18N3O7P. The minimum atomic E-state index is -3.41. The minimum Gasteiger partial charge on any atom is -0.394 e. The summed E-state index contributed by atoms with van der Waals surface area (Å²) in [6.45, 7) is -0.817. The molecule has 0 bridgehead atoms. The summed E-state index contributed by atoms with van der Waals surface area (Å²) < 4.78 is 22.2. The van der Waals surface area contributed by atoms with Crippen molar-refractivity contribution >= 4 is 13.5 Å². The molecule has 0 aliphatic carbocycles. The summed E-state index contributed by atoms with van der Waals surface area (Å²) in [7, 11) is -1.01. The van der Waals surface area contributed by atoms with Gasteiger partial charge in [0.15, 0.2) is 0 Å². The third-order valence-electron chi connectivity index (χ3n) is 2.76. The smallest absolute Gasteiger partial charge is 0.353 e. The van der Waals surface area contributed by atoms with Crippen molar-refractivity contribution in [2.75, 3.05) is 20.8 Å². The molecule has 0 radical (unpaired) electrons. The Labute approximate surface area is 131 Å². The second-order valence-corrected chi connectivity index (χ2v) is 6.45. The van der Waals surface area contributed by atoms with Gasteiger partial charge in [-0.25, -0.2) is 4.79 Å². The molecular weight excluding hydrogens is 329 g/mol. The highest BCUT2D eigenvalue weighted by atomic mass is 31.2. The average Bonchev–Trinajstić information content (AvgIpc) is 2.53. The van der Waals surface area contributed by atoms with Crippen molar-refractivity contribution in [2.45, 2.75) is 12.6 Å². The predicted octanol–water partition coefficient (Wildman–Crippen LogP) is -0.987. The van der Waals surface area contributed by atoms with E-state index in [1.165, 1.54) is 26.5 Å². The van der Waals surface area contributed by atoms with Crippen LogP contribution in [0.3, 0.4) is 0 Å². The molecule has 0 saturated carbocycles. The lowest BCUT2D eigenvalue weighted by Gasteiger charge is -2.14. The fourth-order valence-corrected chi connectivity index (χ4v) is 2.35. The van der Waals surface area contributed by atoms with Gasteiger partial charge in [-0.05, 0) is 0 Å². The molecule has 128 valence electrons. The zero-order chi connectivity index (χ0) is 17.5. The minimum absolute atomic E-state index is 0.355. The fourth-order valence-electron chi connectivity index (χ4n) is 1.54. The molecule has 1 heterocycles. The number of carbonyl (C=O) groups excluding carboxylic acids is 1. The molecule has 3 N–H and O–H groups in total. The number of carbonyl (C=O) groups is 1. The Bertz CT molecular complexity index is 716. The van der Waals surface area contributed by atoms with Crippen LogP contribution in [0.25, 0.3) is 0 Å². The zero-order valence-electron chi connectivity index (χ0n) is 12.6. The van der Waals surface area contributed by atoms with E-state index in [0.29, 0.717) is 0 Å². The van der Waals surface area contributed by atoms with Gasteiger partial charge in [0.1, 0.15) is 6.54 Å². The third kappa shape index (κ3) is 5.95. The monoisotopic (exact) mass is 347 g/mol. The molecule has 0 spiro atoms. The molecule has 0 fully saturated rings. The van der Waals surface area contributed by atoms with Crippen molar-refractivity contribution in [3.8, 4) is 0 Å². The number of hydrogen-bond acceptors (Lipinski definition) is 7. The largest absolute Gasteiger partial charge is 0.394 e. The number of hydrogen-bond donors (Lipinski definition) is 3. The number of aliphatic hydroxyl groups is 1. The van der Waals surface area contributed by atoms with Crippen LogP contribution in [0.15, 0.2) is 33.7 Å². The SMILES string of the molecule is COP(=O)(/C=C/C(CO)NC(=O)Cn1ccc(=O)[nH]c1=O)OC. The van der Waals surface area contributed by atoms with E-state index < -0.39 is 37.4 Å². The van der Waals surface area contributed by atoms with Gasteiger partial charge >= 0.3 is 13.3 Å². The quantitative estimate of drug-likeness (QED) is 0.513. The Hall–Kier alpha value is -2.00. The number of aromatic amines is 1. The van der Waals surface area contributed by atoms with Crippen LogP contribution in [0.1, 0.15) is 0 Å². The number of amides is 1. The van der Waals surface area contributed by atoms with Crippen molar-refractivity contribution in [3.63, 3.8) is 0 Å². The van der Waals surface area contributed by atoms with Gasteiger partial charge in [0.25, 0.3) is 5.56 Å². The van der Waals surface area contributed by atoms with E-state index in [2.05, 4.69) is 14.4 Å². The first-order valence-electron chi connectivity index (χ1n) is 6.44. The summed E-state index contributed by atoms with van der Waals surface area (Å²) in [5, 5.41) is 11.6. The number of nitrogens with zero attached hydrogens (tertiary/aromatic N) is 1. The Morgan fingerprint density at radius 1 is 1.48 bits per heavy atom. The molecule has 0 aliphatic rings. The van der Waals surface area contributed by atoms with Gasteiger partial charge in [0.2, 0.25) is 5.91 Å². The van der Waals surface area contributed by atoms with Gasteiger partial charge in [-0.15, -0.1) is 0 Å². The standard InChI is InChI=1S/C12H18N3O7P/c1-21-23(20,22-2)6-4-9(8-16)13-11(18)7-15-5-3-10(17)14-12(15)19/h3-6,9,16H,7-8H2,1-2H3,(H,13,18)(H,14,17,19)/b6-4+. The predicted molar refractivity (Wildman–Crippen MR) is 81.1 cm³/mol. The molecule has 1 aromatic rings. The Kier molecular flexibility index (Phi) is 7.11. The summed E-state index contributed by atoms with van der Waals surface area (Å²) in [5.74, 6) is 0.521. The van der Waals surface area contributed by atoms with Gasteiger partial charge in [-0.1, -0.05) is 6.08 Å². The molecule has 1 unspecified atom stereocenters. The van der Waals surface area contributed by atoms with E-state index in [0.717, 1.165) is 16.5 Å². The van der Waals surface area contributed by atoms with Crippen LogP contribution >= 0.6 is 7.60 Å². The number of aromatic nitrogens is 2. The lowest BCUT2D eigenvalue weighted by Crippen LogP contribution is -2.40. The van der Waals surface area contributed by atoms with Crippen molar-refractivity contribution in [2.24, 2.45) is 0 Å². The zero-order valence-corrected chi connectivity index (χ0v) is 13.5. The van der Waals surface area contributed by atoms with Gasteiger partial charge < -0.3 is 19.5 Å². The number of aliphatic hydroxyl groups excluding tert-OH is 1. The van der Waals surface area contributed by atoms with Crippen molar-refractivity contribution in [3.05, 3.63) is 45.0 Å². The molecule has 1 rings (SSSR count). The molecule has 0 aliphatic heterocycles. The van der Waals surface area contributed by atoms with Crippen molar-refractivity contribution < 1.29 is 23.5 Å². The Balaban J connectivity index is 2.74. The summed E-state index contributed by atoms with van der Waals surface area (Å²) in [4.78, 5) is 36.2. The topological polar surface area (TPSA) is 140 Å². The molecule has 23 heavy (non-hydrogen) atoms. The first-order valence-corrected chi connectivity index (χ1v) is 8.05. The van der Waals surface area contributed by atoms with Crippen molar-refractivity contribution in [1.82, 2.24) is 14.9 Å². The molecule has 1 amide bonds. The van der Waals surface area contributed by atoms with E-state index in [-0.39, 0.29) is 6.54 Å². The first kappa shape index (κ1) is 19.0. The van der Waals surface area contributed by atoms with Gasteiger partial charge in [0.05, 0.1) is 12.6 Å². The maximum absolute atomic E-state index is 11.8. The maximum Gasteiger partial charge on any atom is 0.353 e. The highest BCUT2D eigenvalue weighted by Gasteiger charge is 2.17. The normalized spacial score (nSPS) is 13.2. The molecule has 1 atom stereocenters. The van der Waals surface area contributed by atoms with Gasteiger partial charge in [0, 0.05) is 32.3 Å². The van der Waals surface area contributed by atoms with Crippen molar-refractivity contribution in [1.29, 1.82) is 0 Å². The van der Waals surface area contributed by atoms with Crippen LogP contribution in [-0.4, -0.2) is 47.4 Å². The highest BCUT2D eigenvalue weighted by molar-refractivity contribution is 7.57. The molecule has 10 nitrogen and oxygen atoms in total. The van der Waals surface area contributed by atoms with E-state index in [9.17, 15) is 24.1 Å². The second-order valence-electron chi connectivity index (χ2n) is 4.34. The molecule has 11 heteroatoms. The van der Waals surface area contributed by atoms with E-state index in [1.54, 1.807) is 0 Å². The van der Waals surface area contributed by atoms with Crippen LogP contribution in [0.4, 0.5) is 0 Å². The summed E-state index contributed by atoms with van der Waals surface area (Å²) >= 11 is 0. The van der Waals surface area contributed by atoms with Gasteiger partial charge in [-0.3, -0.25) is 23.7 Å². The number of H-pyrrole nitrogens is 1. The van der Waals surface area contributed by atoms with Crippen LogP contribution in [-0.2, 0) is 25.0 Å². The number of nitrogens with one attached hydrogen (secondary N) is 2. The number of rotatable bonds is 8. The summed E-state index contributed by atoms with van der Waals surface area (Å²) in [5.41, 5.74) is -1.30. The lowest BCUT2D eigenvalue weighted by atomic mass is 10.3. The molecule has 1 aromatic heterocycles.